The number of aliphatic hydroxyl groups is 1. The van der Waals surface area contributed by atoms with Gasteiger partial charge in [-0.1, -0.05) is 12.1 Å². The number of rotatable bonds is 10. The van der Waals surface area contributed by atoms with E-state index < -0.39 is 17.7 Å². The zero-order valence-corrected chi connectivity index (χ0v) is 23.8. The quantitative estimate of drug-likeness (QED) is 0.191. The van der Waals surface area contributed by atoms with E-state index in [1.807, 2.05) is 71.0 Å². The normalized spacial score (nSPS) is 16.4. The van der Waals surface area contributed by atoms with Crippen molar-refractivity contribution in [1.29, 1.82) is 0 Å². The van der Waals surface area contributed by atoms with Crippen LogP contribution in [0.1, 0.15) is 44.9 Å². The molecule has 1 aliphatic rings. The Morgan fingerprint density at radius 3 is 2.10 bits per heavy atom. The third-order valence-corrected chi connectivity index (χ3v) is 6.48. The number of carbonyl (C=O) groups is 2. The highest BCUT2D eigenvalue weighted by molar-refractivity contribution is 6.51. The summed E-state index contributed by atoms with van der Waals surface area (Å²) in [6.07, 6.45) is -0.0108. The molecule has 0 bridgehead atoms. The highest BCUT2D eigenvalue weighted by Gasteiger charge is 2.47. The van der Waals surface area contributed by atoms with Gasteiger partial charge in [0.2, 0.25) is 0 Å². The van der Waals surface area contributed by atoms with Crippen molar-refractivity contribution in [2.24, 2.45) is 0 Å². The van der Waals surface area contributed by atoms with Crippen molar-refractivity contribution in [3.63, 3.8) is 0 Å². The number of carbonyl (C=O) groups excluding carboxylic acids is 2. The second-order valence-corrected chi connectivity index (χ2v) is 9.84. The number of aliphatic hydroxyl groups excluding tert-OH is 1. The molecule has 1 aliphatic heterocycles. The van der Waals surface area contributed by atoms with Crippen LogP contribution >= 0.6 is 0 Å². The standard InChI is InChI=1S/C32H36N2O6/c1-7-38-25-17-18-26(27(19-25)39-8-2)30(35)28-29(21-9-15-24(16-10-21)40-20(3)4)34(32(37)31(28)36)23-13-11-22(12-14-23)33(5)6/h9-20,29,35H,7-8H2,1-6H3/b30-28-. The number of amides is 1. The molecule has 1 N–H and O–H groups in total. The van der Waals surface area contributed by atoms with Crippen LogP contribution in [-0.2, 0) is 9.59 Å². The van der Waals surface area contributed by atoms with E-state index in [1.54, 1.807) is 42.5 Å². The minimum absolute atomic E-state index is 0.0108. The Kier molecular flexibility index (Phi) is 8.67. The molecule has 0 spiro atoms. The lowest BCUT2D eigenvalue weighted by atomic mass is 9.94. The van der Waals surface area contributed by atoms with Gasteiger partial charge in [-0.25, -0.2) is 0 Å². The minimum Gasteiger partial charge on any atom is -0.507 e. The van der Waals surface area contributed by atoms with Crippen molar-refractivity contribution in [2.75, 3.05) is 37.1 Å². The number of benzene rings is 3. The SMILES string of the molecule is CCOc1ccc(/C(O)=C2/C(=O)C(=O)N(c3ccc(N(C)C)cc3)C2c2ccc(OC(C)C)cc2)c(OCC)c1. The monoisotopic (exact) mass is 544 g/mol. The molecule has 8 heteroatoms. The second-order valence-electron chi connectivity index (χ2n) is 9.84. The molecular weight excluding hydrogens is 508 g/mol. The number of anilines is 2. The van der Waals surface area contributed by atoms with Crippen LogP contribution in [0.25, 0.3) is 5.76 Å². The molecule has 1 atom stereocenters. The van der Waals surface area contributed by atoms with E-state index in [9.17, 15) is 14.7 Å². The van der Waals surface area contributed by atoms with E-state index in [2.05, 4.69) is 0 Å². The van der Waals surface area contributed by atoms with Gasteiger partial charge in [-0.15, -0.1) is 0 Å². The summed E-state index contributed by atoms with van der Waals surface area (Å²) in [4.78, 5) is 30.5. The Bertz CT molecular complexity index is 1390. The van der Waals surface area contributed by atoms with E-state index in [0.717, 1.165) is 5.69 Å². The van der Waals surface area contributed by atoms with Crippen LogP contribution in [0, 0.1) is 0 Å². The van der Waals surface area contributed by atoms with Crippen LogP contribution in [-0.4, -0.2) is 50.2 Å². The predicted molar refractivity (Wildman–Crippen MR) is 157 cm³/mol. The van der Waals surface area contributed by atoms with Gasteiger partial charge in [0.15, 0.2) is 0 Å². The van der Waals surface area contributed by atoms with E-state index >= 15 is 0 Å². The molecule has 1 saturated heterocycles. The van der Waals surface area contributed by atoms with Gasteiger partial charge in [0.25, 0.3) is 11.7 Å². The summed E-state index contributed by atoms with van der Waals surface area (Å²) in [5, 5.41) is 11.7. The average Bonchev–Trinajstić information content (AvgIpc) is 3.19. The predicted octanol–water partition coefficient (Wildman–Crippen LogP) is 5.96. The first-order valence-corrected chi connectivity index (χ1v) is 13.4. The third kappa shape index (κ3) is 5.76. The van der Waals surface area contributed by atoms with Crippen LogP contribution in [0.5, 0.6) is 17.2 Å². The van der Waals surface area contributed by atoms with Gasteiger partial charge in [-0.3, -0.25) is 14.5 Å². The first kappa shape index (κ1) is 28.5. The maximum Gasteiger partial charge on any atom is 0.300 e. The van der Waals surface area contributed by atoms with Crippen LogP contribution in [0.3, 0.4) is 0 Å². The van der Waals surface area contributed by atoms with Gasteiger partial charge in [0, 0.05) is 31.5 Å². The minimum atomic E-state index is -0.876. The lowest BCUT2D eigenvalue weighted by Crippen LogP contribution is -2.29. The Balaban J connectivity index is 1.90. The molecule has 40 heavy (non-hydrogen) atoms. The summed E-state index contributed by atoms with van der Waals surface area (Å²) in [6, 6.07) is 18.7. The van der Waals surface area contributed by atoms with E-state index in [0.29, 0.717) is 47.3 Å². The molecule has 1 unspecified atom stereocenters. The molecule has 1 amide bonds. The Hall–Kier alpha value is -4.46. The van der Waals surface area contributed by atoms with Crippen molar-refractivity contribution in [3.05, 3.63) is 83.4 Å². The van der Waals surface area contributed by atoms with Gasteiger partial charge in [-0.05, 0) is 81.8 Å². The lowest BCUT2D eigenvalue weighted by molar-refractivity contribution is -0.132. The highest BCUT2D eigenvalue weighted by atomic mass is 16.5. The van der Waals surface area contributed by atoms with E-state index in [1.165, 1.54) is 4.90 Å². The number of ether oxygens (including phenoxy) is 3. The smallest absolute Gasteiger partial charge is 0.300 e. The molecule has 3 aromatic carbocycles. The van der Waals surface area contributed by atoms with Crippen molar-refractivity contribution >= 4 is 28.8 Å². The summed E-state index contributed by atoms with van der Waals surface area (Å²) >= 11 is 0. The van der Waals surface area contributed by atoms with Crippen molar-refractivity contribution in [3.8, 4) is 17.2 Å². The molecule has 1 heterocycles. The molecule has 0 radical (unpaired) electrons. The zero-order valence-electron chi connectivity index (χ0n) is 23.8. The molecule has 1 fully saturated rings. The maximum atomic E-state index is 13.6. The highest BCUT2D eigenvalue weighted by Crippen LogP contribution is 2.44. The summed E-state index contributed by atoms with van der Waals surface area (Å²) < 4.78 is 17.2. The fraction of sp³-hybridized carbons (Fsp3) is 0.312. The molecule has 0 aromatic heterocycles. The zero-order chi connectivity index (χ0) is 29.0. The number of hydrogen-bond acceptors (Lipinski definition) is 7. The molecule has 3 aromatic rings. The Morgan fingerprint density at radius 1 is 0.900 bits per heavy atom. The first-order chi connectivity index (χ1) is 19.2. The molecular formula is C32H36N2O6. The van der Waals surface area contributed by atoms with E-state index in [4.69, 9.17) is 14.2 Å². The van der Waals surface area contributed by atoms with Gasteiger partial charge in [0.1, 0.15) is 23.0 Å². The molecule has 8 nitrogen and oxygen atoms in total. The fourth-order valence-electron chi connectivity index (χ4n) is 4.70. The maximum absolute atomic E-state index is 13.6. The van der Waals surface area contributed by atoms with Crippen LogP contribution < -0.4 is 24.0 Å². The van der Waals surface area contributed by atoms with Gasteiger partial charge in [0.05, 0.1) is 36.5 Å². The molecule has 0 saturated carbocycles. The Labute approximate surface area is 235 Å². The Morgan fingerprint density at radius 2 is 1.52 bits per heavy atom. The van der Waals surface area contributed by atoms with Gasteiger partial charge in [-0.2, -0.15) is 0 Å². The van der Waals surface area contributed by atoms with Crippen molar-refractivity contribution in [2.45, 2.75) is 39.8 Å². The van der Waals surface area contributed by atoms with Crippen molar-refractivity contribution in [1.82, 2.24) is 0 Å². The number of Topliss-reactive ketones (excluding diaryl/α,β-unsaturated/α-hetero) is 1. The average molecular weight is 545 g/mol. The lowest BCUT2D eigenvalue weighted by Gasteiger charge is -2.26. The molecule has 4 rings (SSSR count). The van der Waals surface area contributed by atoms with Gasteiger partial charge < -0.3 is 24.2 Å². The van der Waals surface area contributed by atoms with Crippen LogP contribution in [0.2, 0.25) is 0 Å². The first-order valence-electron chi connectivity index (χ1n) is 13.4. The summed E-state index contributed by atoms with van der Waals surface area (Å²) in [6.45, 7) is 8.38. The van der Waals surface area contributed by atoms with Gasteiger partial charge >= 0.3 is 0 Å². The summed E-state index contributed by atoms with van der Waals surface area (Å²) in [5.41, 5.74) is 2.41. The fourth-order valence-corrected chi connectivity index (χ4v) is 4.70. The second kappa shape index (κ2) is 12.2. The molecule has 0 aliphatic carbocycles. The molecule has 210 valence electrons. The summed E-state index contributed by atoms with van der Waals surface area (Å²) in [7, 11) is 3.85. The topological polar surface area (TPSA) is 88.5 Å². The number of nitrogens with zero attached hydrogens (tertiary/aromatic N) is 2. The number of hydrogen-bond donors (Lipinski definition) is 1. The van der Waals surface area contributed by atoms with Crippen molar-refractivity contribution < 1.29 is 28.9 Å². The summed E-state index contributed by atoms with van der Waals surface area (Å²) in [5.74, 6) is -0.234. The third-order valence-electron chi connectivity index (χ3n) is 6.48. The van der Waals surface area contributed by atoms with E-state index in [-0.39, 0.29) is 17.4 Å². The van der Waals surface area contributed by atoms with Crippen LogP contribution in [0.15, 0.2) is 72.3 Å². The largest absolute Gasteiger partial charge is 0.507 e. The number of ketones is 1. The van der Waals surface area contributed by atoms with Crippen LogP contribution in [0.4, 0.5) is 11.4 Å².